The first-order chi connectivity index (χ1) is 10.6. The maximum absolute atomic E-state index is 12.4. The second kappa shape index (κ2) is 6.22. The Labute approximate surface area is 130 Å². The zero-order valence-electron chi connectivity index (χ0n) is 12.9. The summed E-state index contributed by atoms with van der Waals surface area (Å²) in [5.41, 5.74) is 0.461. The van der Waals surface area contributed by atoms with Crippen LogP contribution in [-0.2, 0) is 11.3 Å². The summed E-state index contributed by atoms with van der Waals surface area (Å²) in [6.07, 6.45) is 3.51. The van der Waals surface area contributed by atoms with Crippen LogP contribution in [0.25, 0.3) is 0 Å². The third kappa shape index (κ3) is 2.80. The van der Waals surface area contributed by atoms with E-state index in [1.807, 2.05) is 12.1 Å². The van der Waals surface area contributed by atoms with Crippen molar-refractivity contribution >= 4 is 5.91 Å². The number of hydrogen-bond acceptors (Lipinski definition) is 5. The topological polar surface area (TPSA) is 74.7 Å². The Hall–Kier alpha value is -1.66. The van der Waals surface area contributed by atoms with E-state index in [9.17, 15) is 9.90 Å². The first-order valence-corrected chi connectivity index (χ1v) is 7.82. The second-order valence-electron chi connectivity index (χ2n) is 6.24. The van der Waals surface area contributed by atoms with Crippen LogP contribution in [0.1, 0.15) is 24.8 Å². The lowest BCUT2D eigenvalue weighted by atomic mass is 9.71. The third-order valence-electron chi connectivity index (χ3n) is 4.81. The number of aromatic nitrogens is 1. The molecule has 2 fully saturated rings. The number of likely N-dealkylation sites (tertiary alicyclic amines) is 1. The molecule has 0 bridgehead atoms. The van der Waals surface area contributed by atoms with Gasteiger partial charge in [0.1, 0.15) is 0 Å². The molecule has 6 heteroatoms. The van der Waals surface area contributed by atoms with Gasteiger partial charge in [0, 0.05) is 38.4 Å². The van der Waals surface area contributed by atoms with Crippen molar-refractivity contribution in [3.05, 3.63) is 23.9 Å². The van der Waals surface area contributed by atoms with E-state index in [1.165, 1.54) is 0 Å². The second-order valence-corrected chi connectivity index (χ2v) is 6.24. The van der Waals surface area contributed by atoms with Gasteiger partial charge in [0.05, 0.1) is 18.6 Å². The van der Waals surface area contributed by atoms with Crippen molar-refractivity contribution in [1.29, 1.82) is 0 Å². The van der Waals surface area contributed by atoms with Crippen molar-refractivity contribution in [2.24, 2.45) is 5.41 Å². The van der Waals surface area contributed by atoms with Gasteiger partial charge in [-0.3, -0.25) is 9.69 Å². The highest BCUT2D eigenvalue weighted by Gasteiger charge is 2.49. The van der Waals surface area contributed by atoms with E-state index in [-0.39, 0.29) is 5.91 Å². The molecule has 0 aliphatic carbocycles. The highest BCUT2D eigenvalue weighted by Crippen LogP contribution is 2.37. The van der Waals surface area contributed by atoms with E-state index in [1.54, 1.807) is 13.3 Å². The highest BCUT2D eigenvalue weighted by molar-refractivity contribution is 5.84. The molecule has 6 nitrogen and oxygen atoms in total. The fourth-order valence-corrected chi connectivity index (χ4v) is 3.58. The summed E-state index contributed by atoms with van der Waals surface area (Å²) in [6, 6.07) is 3.87. The summed E-state index contributed by atoms with van der Waals surface area (Å²) in [5.74, 6) is 0.600. The molecular weight excluding hydrogens is 282 g/mol. The standard InChI is InChI=1S/C16H23N3O3/c1-22-14-9-12(3-7-17-14)10-19-8-4-13(20)16(11-19)5-2-6-18-15(16)21/h3,7,9,13,20H,2,4-6,8,10-11H2,1H3,(H,18,21)/t13-,16+/m0/s1. The van der Waals surface area contributed by atoms with Gasteiger partial charge < -0.3 is 15.2 Å². The van der Waals surface area contributed by atoms with Crippen LogP contribution >= 0.6 is 0 Å². The van der Waals surface area contributed by atoms with Crippen LogP contribution in [0.4, 0.5) is 0 Å². The molecule has 22 heavy (non-hydrogen) atoms. The van der Waals surface area contributed by atoms with E-state index in [0.29, 0.717) is 18.8 Å². The molecule has 3 heterocycles. The zero-order valence-corrected chi connectivity index (χ0v) is 12.9. The van der Waals surface area contributed by atoms with Gasteiger partial charge in [-0.15, -0.1) is 0 Å². The van der Waals surface area contributed by atoms with E-state index >= 15 is 0 Å². The Balaban J connectivity index is 1.74. The number of aliphatic hydroxyl groups is 1. The summed E-state index contributed by atoms with van der Waals surface area (Å²) in [6.45, 7) is 2.85. The van der Waals surface area contributed by atoms with E-state index < -0.39 is 11.5 Å². The van der Waals surface area contributed by atoms with Gasteiger partial charge in [0.25, 0.3) is 0 Å². The average molecular weight is 305 g/mol. The maximum Gasteiger partial charge on any atom is 0.230 e. The van der Waals surface area contributed by atoms with Gasteiger partial charge in [-0.05, 0) is 30.9 Å². The Kier molecular flexibility index (Phi) is 4.31. The van der Waals surface area contributed by atoms with Crippen molar-refractivity contribution in [2.45, 2.75) is 31.9 Å². The quantitative estimate of drug-likeness (QED) is 0.853. The number of aliphatic hydroxyl groups excluding tert-OH is 1. The molecule has 2 aliphatic rings. The minimum absolute atomic E-state index is 0.00302. The van der Waals surface area contributed by atoms with Crippen LogP contribution in [0.5, 0.6) is 5.88 Å². The fourth-order valence-electron chi connectivity index (χ4n) is 3.58. The van der Waals surface area contributed by atoms with Crippen LogP contribution in [0.2, 0.25) is 0 Å². The predicted molar refractivity (Wildman–Crippen MR) is 81.4 cm³/mol. The minimum Gasteiger partial charge on any atom is -0.481 e. The van der Waals surface area contributed by atoms with Gasteiger partial charge in [0.2, 0.25) is 11.8 Å². The zero-order chi connectivity index (χ0) is 15.6. The van der Waals surface area contributed by atoms with Crippen molar-refractivity contribution in [1.82, 2.24) is 15.2 Å². The first-order valence-electron chi connectivity index (χ1n) is 7.82. The van der Waals surface area contributed by atoms with Crippen molar-refractivity contribution < 1.29 is 14.6 Å². The number of rotatable bonds is 3. The molecule has 3 rings (SSSR count). The summed E-state index contributed by atoms with van der Waals surface area (Å²) in [4.78, 5) is 18.7. The predicted octanol–water partition coefficient (Wildman–Crippen LogP) is 0.553. The fraction of sp³-hybridized carbons (Fsp3) is 0.625. The average Bonchev–Trinajstić information content (AvgIpc) is 2.54. The molecule has 0 radical (unpaired) electrons. The number of methoxy groups -OCH3 is 1. The molecule has 0 aromatic carbocycles. The Bertz CT molecular complexity index is 551. The molecule has 1 amide bonds. The monoisotopic (exact) mass is 305 g/mol. The number of piperidine rings is 2. The van der Waals surface area contributed by atoms with E-state index in [4.69, 9.17) is 4.74 Å². The lowest BCUT2D eigenvalue weighted by Crippen LogP contribution is -2.61. The molecule has 1 aromatic heterocycles. The number of carbonyl (C=O) groups excluding carboxylic acids is 1. The van der Waals surface area contributed by atoms with Gasteiger partial charge in [-0.25, -0.2) is 4.98 Å². The van der Waals surface area contributed by atoms with E-state index in [2.05, 4.69) is 15.2 Å². The van der Waals surface area contributed by atoms with Crippen LogP contribution < -0.4 is 10.1 Å². The van der Waals surface area contributed by atoms with Crippen LogP contribution in [-0.4, -0.2) is 53.7 Å². The molecule has 1 aromatic rings. The number of amides is 1. The Morgan fingerprint density at radius 2 is 2.45 bits per heavy atom. The summed E-state index contributed by atoms with van der Waals surface area (Å²) in [7, 11) is 1.60. The molecule has 2 saturated heterocycles. The molecule has 2 N–H and O–H groups in total. The van der Waals surface area contributed by atoms with Crippen LogP contribution in [0, 0.1) is 5.41 Å². The van der Waals surface area contributed by atoms with Crippen molar-refractivity contribution in [3.63, 3.8) is 0 Å². The largest absolute Gasteiger partial charge is 0.481 e. The van der Waals surface area contributed by atoms with Gasteiger partial charge in [-0.1, -0.05) is 0 Å². The molecule has 1 spiro atoms. The van der Waals surface area contributed by atoms with E-state index in [0.717, 1.165) is 38.0 Å². The number of carbonyl (C=O) groups is 1. The number of hydrogen-bond donors (Lipinski definition) is 2. The third-order valence-corrected chi connectivity index (χ3v) is 4.81. The molecule has 2 aliphatic heterocycles. The SMILES string of the molecule is COc1cc(CN2CC[C@H](O)[C@@]3(CCCNC3=O)C2)ccn1. The van der Waals surface area contributed by atoms with Gasteiger partial charge in [0.15, 0.2) is 0 Å². The number of nitrogens with one attached hydrogen (secondary N) is 1. The minimum atomic E-state index is -0.645. The maximum atomic E-state index is 12.4. The number of ether oxygens (including phenoxy) is 1. The van der Waals surface area contributed by atoms with Crippen molar-refractivity contribution in [3.8, 4) is 5.88 Å². The Morgan fingerprint density at radius 1 is 1.59 bits per heavy atom. The smallest absolute Gasteiger partial charge is 0.230 e. The molecular formula is C16H23N3O3. The van der Waals surface area contributed by atoms with Crippen LogP contribution in [0.3, 0.4) is 0 Å². The summed E-state index contributed by atoms with van der Waals surface area (Å²) >= 11 is 0. The normalized spacial score (nSPS) is 29.4. The van der Waals surface area contributed by atoms with Crippen molar-refractivity contribution in [2.75, 3.05) is 26.7 Å². The lowest BCUT2D eigenvalue weighted by molar-refractivity contribution is -0.149. The highest BCUT2D eigenvalue weighted by atomic mass is 16.5. The molecule has 120 valence electrons. The molecule has 0 saturated carbocycles. The Morgan fingerprint density at radius 3 is 3.23 bits per heavy atom. The lowest BCUT2D eigenvalue weighted by Gasteiger charge is -2.47. The molecule has 2 atom stereocenters. The number of pyridine rings is 1. The first kappa shape index (κ1) is 15.2. The molecule has 0 unspecified atom stereocenters. The summed E-state index contributed by atoms with van der Waals surface area (Å²) < 4.78 is 5.15. The summed E-state index contributed by atoms with van der Waals surface area (Å²) in [5, 5.41) is 13.3. The number of nitrogens with zero attached hydrogens (tertiary/aromatic N) is 2. The van der Waals surface area contributed by atoms with Gasteiger partial charge in [-0.2, -0.15) is 0 Å². The van der Waals surface area contributed by atoms with Gasteiger partial charge >= 0.3 is 0 Å². The van der Waals surface area contributed by atoms with Crippen LogP contribution in [0.15, 0.2) is 18.3 Å².